The van der Waals surface area contributed by atoms with E-state index in [9.17, 15) is 14.4 Å². The minimum absolute atomic E-state index is 0.171. The smallest absolute Gasteiger partial charge is 0.306 e. The zero-order valence-electron chi connectivity index (χ0n) is 14.1. The lowest BCUT2D eigenvalue weighted by Gasteiger charge is -2.11. The molecule has 0 spiro atoms. The third-order valence-electron chi connectivity index (χ3n) is 4.60. The fourth-order valence-electron chi connectivity index (χ4n) is 3.12. The molecule has 0 unspecified atom stereocenters. The van der Waals surface area contributed by atoms with Crippen molar-refractivity contribution in [2.75, 3.05) is 10.6 Å². The van der Waals surface area contributed by atoms with Gasteiger partial charge in [0.2, 0.25) is 5.91 Å². The highest BCUT2D eigenvalue weighted by atomic mass is 16.4. The molecule has 1 saturated carbocycles. The van der Waals surface area contributed by atoms with Crippen molar-refractivity contribution in [2.45, 2.75) is 19.3 Å². The largest absolute Gasteiger partial charge is 0.481 e. The maximum absolute atomic E-state index is 12.3. The Morgan fingerprint density at radius 2 is 1.42 bits per heavy atom. The Bertz CT molecular complexity index is 802. The van der Waals surface area contributed by atoms with Gasteiger partial charge in [0, 0.05) is 22.9 Å². The van der Waals surface area contributed by atoms with Gasteiger partial charge in [0.25, 0.3) is 5.91 Å². The van der Waals surface area contributed by atoms with E-state index >= 15 is 0 Å². The summed E-state index contributed by atoms with van der Waals surface area (Å²) >= 11 is 0. The number of carbonyl (C=O) groups excluding carboxylic acids is 2. The number of rotatable bonds is 5. The Hall–Kier alpha value is -3.15. The number of aliphatic carboxylic acids is 1. The highest BCUT2D eigenvalue weighted by Gasteiger charge is 2.33. The molecule has 1 fully saturated rings. The molecule has 0 aliphatic heterocycles. The Labute approximate surface area is 151 Å². The summed E-state index contributed by atoms with van der Waals surface area (Å²) < 4.78 is 0. The lowest BCUT2D eigenvalue weighted by Crippen LogP contribution is -2.21. The number of carboxylic acid groups (broad SMARTS) is 1. The zero-order valence-corrected chi connectivity index (χ0v) is 14.1. The summed E-state index contributed by atoms with van der Waals surface area (Å²) in [6.07, 6.45) is 1.49. The molecule has 2 aromatic carbocycles. The fourth-order valence-corrected chi connectivity index (χ4v) is 3.12. The van der Waals surface area contributed by atoms with Crippen LogP contribution in [-0.4, -0.2) is 22.9 Å². The Kier molecular flexibility index (Phi) is 5.31. The van der Waals surface area contributed by atoms with Gasteiger partial charge in [-0.15, -0.1) is 0 Å². The number of hydrogen-bond donors (Lipinski definition) is 3. The number of nitrogens with one attached hydrogen (secondary N) is 2. The van der Waals surface area contributed by atoms with Crippen LogP contribution < -0.4 is 10.6 Å². The second kappa shape index (κ2) is 7.82. The van der Waals surface area contributed by atoms with E-state index in [4.69, 9.17) is 5.11 Å². The van der Waals surface area contributed by atoms with Gasteiger partial charge in [-0.2, -0.15) is 0 Å². The monoisotopic (exact) mass is 352 g/mol. The second-order valence-electron chi connectivity index (χ2n) is 6.43. The first-order valence-corrected chi connectivity index (χ1v) is 8.53. The third-order valence-corrected chi connectivity index (χ3v) is 4.60. The van der Waals surface area contributed by atoms with Crippen molar-refractivity contribution >= 4 is 29.2 Å². The summed E-state index contributed by atoms with van der Waals surface area (Å²) in [4.78, 5) is 35.5. The molecule has 0 saturated heterocycles. The molecule has 3 rings (SSSR count). The summed E-state index contributed by atoms with van der Waals surface area (Å²) in [6.45, 7) is 0. The van der Waals surface area contributed by atoms with E-state index in [0.717, 1.165) is 0 Å². The number of anilines is 2. The SMILES string of the molecule is O=C(Nc1ccccc1)c1ccc(NC(=O)[C@H]2CC[C@@H](C(=O)O)C2)cc1. The lowest BCUT2D eigenvalue weighted by molar-refractivity contribution is -0.141. The van der Waals surface area contributed by atoms with Crippen LogP contribution in [0.3, 0.4) is 0 Å². The summed E-state index contributed by atoms with van der Waals surface area (Å²) in [5, 5.41) is 14.6. The molecule has 0 heterocycles. The third kappa shape index (κ3) is 4.27. The van der Waals surface area contributed by atoms with Gasteiger partial charge in [-0.3, -0.25) is 14.4 Å². The number of benzene rings is 2. The lowest BCUT2D eigenvalue weighted by atomic mass is 10.0. The molecular formula is C20H20N2O4. The number of hydrogen-bond acceptors (Lipinski definition) is 3. The van der Waals surface area contributed by atoms with Gasteiger partial charge in [0.1, 0.15) is 0 Å². The van der Waals surface area contributed by atoms with Gasteiger partial charge in [0.15, 0.2) is 0 Å². The first-order valence-electron chi connectivity index (χ1n) is 8.53. The Morgan fingerprint density at radius 1 is 0.808 bits per heavy atom. The van der Waals surface area contributed by atoms with Crippen molar-refractivity contribution in [1.29, 1.82) is 0 Å². The molecule has 3 N–H and O–H groups in total. The quantitative estimate of drug-likeness (QED) is 0.769. The average Bonchev–Trinajstić information content (AvgIpc) is 3.14. The number of para-hydroxylation sites is 1. The van der Waals surface area contributed by atoms with Gasteiger partial charge in [-0.1, -0.05) is 18.2 Å². The molecule has 0 bridgehead atoms. The van der Waals surface area contributed by atoms with Crippen LogP contribution >= 0.6 is 0 Å². The molecule has 2 aromatic rings. The fraction of sp³-hybridized carbons (Fsp3) is 0.250. The van der Waals surface area contributed by atoms with Crippen LogP contribution in [0.25, 0.3) is 0 Å². The molecule has 134 valence electrons. The van der Waals surface area contributed by atoms with E-state index in [2.05, 4.69) is 10.6 Å². The van der Waals surface area contributed by atoms with Gasteiger partial charge < -0.3 is 15.7 Å². The van der Waals surface area contributed by atoms with E-state index in [-0.39, 0.29) is 17.7 Å². The molecule has 2 amide bonds. The van der Waals surface area contributed by atoms with Crippen LogP contribution in [0.2, 0.25) is 0 Å². The van der Waals surface area contributed by atoms with Crippen molar-refractivity contribution in [3.05, 3.63) is 60.2 Å². The summed E-state index contributed by atoms with van der Waals surface area (Å²) in [5.41, 5.74) is 1.78. The van der Waals surface area contributed by atoms with Crippen LogP contribution in [0.5, 0.6) is 0 Å². The molecule has 0 radical (unpaired) electrons. The highest BCUT2D eigenvalue weighted by molar-refractivity contribution is 6.04. The molecule has 0 aromatic heterocycles. The first kappa shape index (κ1) is 17.7. The minimum atomic E-state index is -0.839. The van der Waals surface area contributed by atoms with E-state index in [1.54, 1.807) is 36.4 Å². The zero-order chi connectivity index (χ0) is 18.5. The Morgan fingerprint density at radius 3 is 2.04 bits per heavy atom. The van der Waals surface area contributed by atoms with Gasteiger partial charge in [-0.25, -0.2) is 0 Å². The molecule has 1 aliphatic rings. The predicted octanol–water partition coefficient (Wildman–Crippen LogP) is 3.38. The molecule has 2 atom stereocenters. The van der Waals surface area contributed by atoms with Crippen molar-refractivity contribution in [2.24, 2.45) is 11.8 Å². The number of carbonyl (C=O) groups is 3. The maximum atomic E-state index is 12.3. The summed E-state index contributed by atoms with van der Waals surface area (Å²) in [5.74, 6) is -1.95. The topological polar surface area (TPSA) is 95.5 Å². The van der Waals surface area contributed by atoms with E-state index in [1.165, 1.54) is 0 Å². The van der Waals surface area contributed by atoms with Crippen molar-refractivity contribution in [3.63, 3.8) is 0 Å². The average molecular weight is 352 g/mol. The normalized spacial score (nSPS) is 18.9. The summed E-state index contributed by atoms with van der Waals surface area (Å²) in [7, 11) is 0. The second-order valence-corrected chi connectivity index (χ2v) is 6.43. The molecule has 26 heavy (non-hydrogen) atoms. The minimum Gasteiger partial charge on any atom is -0.481 e. The predicted molar refractivity (Wildman–Crippen MR) is 97.9 cm³/mol. The van der Waals surface area contributed by atoms with E-state index in [0.29, 0.717) is 36.2 Å². The van der Waals surface area contributed by atoms with Crippen LogP contribution in [0, 0.1) is 11.8 Å². The summed E-state index contributed by atoms with van der Waals surface area (Å²) in [6, 6.07) is 15.8. The number of carboxylic acids is 1. The van der Waals surface area contributed by atoms with Crippen molar-refractivity contribution in [1.82, 2.24) is 0 Å². The van der Waals surface area contributed by atoms with Crippen LogP contribution in [-0.2, 0) is 9.59 Å². The highest BCUT2D eigenvalue weighted by Crippen LogP contribution is 2.31. The number of amides is 2. The maximum Gasteiger partial charge on any atom is 0.306 e. The van der Waals surface area contributed by atoms with Crippen LogP contribution in [0.1, 0.15) is 29.6 Å². The standard InChI is InChI=1S/C20H20N2O4/c23-18(21-16-4-2-1-3-5-16)13-8-10-17(11-9-13)22-19(24)14-6-7-15(12-14)20(25)26/h1-5,8-11,14-15H,6-7,12H2,(H,21,23)(H,22,24)(H,25,26)/t14-,15+/m0/s1. The van der Waals surface area contributed by atoms with Gasteiger partial charge in [0.05, 0.1) is 5.92 Å². The van der Waals surface area contributed by atoms with Crippen LogP contribution in [0.4, 0.5) is 11.4 Å². The van der Waals surface area contributed by atoms with Crippen molar-refractivity contribution < 1.29 is 19.5 Å². The first-order chi connectivity index (χ1) is 12.5. The molecular weight excluding hydrogens is 332 g/mol. The van der Waals surface area contributed by atoms with Crippen LogP contribution in [0.15, 0.2) is 54.6 Å². The van der Waals surface area contributed by atoms with E-state index in [1.807, 2.05) is 18.2 Å². The van der Waals surface area contributed by atoms with Crippen molar-refractivity contribution in [3.8, 4) is 0 Å². The van der Waals surface area contributed by atoms with Gasteiger partial charge >= 0.3 is 5.97 Å². The molecule has 6 heteroatoms. The molecule has 1 aliphatic carbocycles. The Balaban J connectivity index is 1.57. The van der Waals surface area contributed by atoms with Gasteiger partial charge in [-0.05, 0) is 55.7 Å². The van der Waals surface area contributed by atoms with E-state index < -0.39 is 11.9 Å². The molecule has 6 nitrogen and oxygen atoms in total.